The predicted octanol–water partition coefficient (Wildman–Crippen LogP) is -1.29. The van der Waals surface area contributed by atoms with Crippen molar-refractivity contribution in [3.63, 3.8) is 0 Å². The standard InChI is InChI=1S/CH3NO2.Pb.2H/c2-1(3)4;;;/h2H2,(H,3,4);;;. The molecule has 0 aliphatic carbocycles. The van der Waals surface area contributed by atoms with Crippen LogP contribution in [-0.4, -0.2) is 38.5 Å². The van der Waals surface area contributed by atoms with E-state index in [1.54, 1.807) is 0 Å². The van der Waals surface area contributed by atoms with E-state index in [4.69, 9.17) is 9.90 Å². The molecule has 0 bridgehead atoms. The van der Waals surface area contributed by atoms with E-state index in [1.807, 2.05) is 0 Å². The van der Waals surface area contributed by atoms with E-state index in [0.29, 0.717) is 0 Å². The van der Waals surface area contributed by atoms with E-state index in [2.05, 4.69) is 5.73 Å². The molecule has 3 N–H and O–H groups in total. The van der Waals surface area contributed by atoms with Crippen molar-refractivity contribution in [2.24, 2.45) is 5.73 Å². The Bertz CT molecular complexity index is 32.6. The molecule has 0 heterocycles. The van der Waals surface area contributed by atoms with E-state index in [9.17, 15) is 0 Å². The molecule has 2 radical (unpaired) electrons. The molecule has 1 amide bonds. The van der Waals surface area contributed by atoms with Gasteiger partial charge < -0.3 is 10.8 Å². The molecular formula is CH5NO2Pb. The summed E-state index contributed by atoms with van der Waals surface area (Å²) in [5.41, 5.74) is 4.03. The first-order chi connectivity index (χ1) is 1.73. The van der Waals surface area contributed by atoms with Crippen molar-refractivity contribution < 1.29 is 9.90 Å². The van der Waals surface area contributed by atoms with E-state index < -0.39 is 6.09 Å². The van der Waals surface area contributed by atoms with Gasteiger partial charge in [0.1, 0.15) is 0 Å². The Morgan fingerprint density at radius 3 is 1.80 bits per heavy atom. The number of carboxylic acid groups (broad SMARTS) is 1. The summed E-state index contributed by atoms with van der Waals surface area (Å²) in [5.74, 6) is 0. The van der Waals surface area contributed by atoms with Crippen LogP contribution in [0.4, 0.5) is 4.79 Å². The zero-order valence-corrected chi connectivity index (χ0v) is 8.14. The number of primary amides is 1. The molecule has 0 aromatic heterocycles. The summed E-state index contributed by atoms with van der Waals surface area (Å²) in [4.78, 5) is 8.78. The van der Waals surface area contributed by atoms with E-state index in [0.717, 1.165) is 0 Å². The van der Waals surface area contributed by atoms with Crippen LogP contribution in [0.1, 0.15) is 0 Å². The van der Waals surface area contributed by atoms with Crippen molar-refractivity contribution in [3.8, 4) is 0 Å². The molecule has 5 heavy (non-hydrogen) atoms. The average Bonchev–Trinajstić information content (AvgIpc) is 0.811. The summed E-state index contributed by atoms with van der Waals surface area (Å²) >= 11 is 0. The molecule has 0 aromatic carbocycles. The van der Waals surface area contributed by atoms with Crippen molar-refractivity contribution >= 4 is 33.4 Å². The summed E-state index contributed by atoms with van der Waals surface area (Å²) in [5, 5.41) is 7.19. The maximum absolute atomic E-state index is 8.78. The molecule has 0 aromatic rings. The van der Waals surface area contributed by atoms with Gasteiger partial charge in [-0.15, -0.1) is 0 Å². The Balaban J connectivity index is 0. The van der Waals surface area contributed by atoms with Gasteiger partial charge in [0, 0.05) is 0 Å². The number of amides is 1. The topological polar surface area (TPSA) is 63.3 Å². The molecular weight excluding hydrogens is 265 g/mol. The fourth-order valence-corrected chi connectivity index (χ4v) is 0. The predicted molar refractivity (Wildman–Crippen MR) is 20.8 cm³/mol. The van der Waals surface area contributed by atoms with Gasteiger partial charge in [-0.3, -0.25) is 0 Å². The Kier molecular flexibility index (Phi) is 7.51. The van der Waals surface area contributed by atoms with Crippen LogP contribution in [-0.2, 0) is 0 Å². The van der Waals surface area contributed by atoms with Gasteiger partial charge in [0.05, 0.1) is 0 Å². The van der Waals surface area contributed by atoms with Crippen molar-refractivity contribution in [1.82, 2.24) is 0 Å². The summed E-state index contributed by atoms with van der Waals surface area (Å²) in [6, 6.07) is 0. The molecule has 0 fully saturated rings. The van der Waals surface area contributed by atoms with Gasteiger partial charge in [-0.05, 0) is 0 Å². The van der Waals surface area contributed by atoms with Crippen LogP contribution in [0.5, 0.6) is 0 Å². The van der Waals surface area contributed by atoms with Gasteiger partial charge in [0.15, 0.2) is 0 Å². The first-order valence-electron chi connectivity index (χ1n) is 0.716. The van der Waals surface area contributed by atoms with Gasteiger partial charge in [-0.1, -0.05) is 0 Å². The third-order valence-corrected chi connectivity index (χ3v) is 0. The molecule has 0 atom stereocenters. The van der Waals surface area contributed by atoms with Crippen LogP contribution in [0.25, 0.3) is 0 Å². The fourth-order valence-electron chi connectivity index (χ4n) is 0. The fraction of sp³-hybridized carbons (Fsp3) is 0. The maximum atomic E-state index is 8.78. The second-order valence-electron chi connectivity index (χ2n) is 0.338. The molecule has 0 saturated carbocycles. The molecule has 0 aliphatic heterocycles. The third kappa shape index (κ3) is 546. The van der Waals surface area contributed by atoms with E-state index in [-0.39, 0.29) is 27.3 Å². The van der Waals surface area contributed by atoms with Gasteiger partial charge in [0.2, 0.25) is 0 Å². The van der Waals surface area contributed by atoms with Crippen molar-refractivity contribution in [3.05, 3.63) is 0 Å². The summed E-state index contributed by atoms with van der Waals surface area (Å²) < 4.78 is 0. The molecule has 0 rings (SSSR count). The zero-order chi connectivity index (χ0) is 3.58. The monoisotopic (exact) mass is 271 g/mol. The Morgan fingerprint density at radius 1 is 1.80 bits per heavy atom. The molecule has 0 aliphatic rings. The van der Waals surface area contributed by atoms with Crippen LogP contribution in [0.15, 0.2) is 0 Å². The first-order valence-corrected chi connectivity index (χ1v) is 0.716. The number of hydrogen-bond donors (Lipinski definition) is 2. The molecule has 0 unspecified atom stereocenters. The zero-order valence-electron chi connectivity index (χ0n) is 2.64. The van der Waals surface area contributed by atoms with Gasteiger partial charge in [-0.25, -0.2) is 4.79 Å². The number of rotatable bonds is 0. The summed E-state index contributed by atoms with van der Waals surface area (Å²) in [6.07, 6.45) is -1.33. The van der Waals surface area contributed by atoms with Crippen LogP contribution in [0, 0.1) is 0 Å². The minimum absolute atomic E-state index is 0. The molecule has 0 saturated heterocycles. The SMILES string of the molecule is NC(=O)O.[PbH2]. The third-order valence-electron chi connectivity index (χ3n) is 0. The van der Waals surface area contributed by atoms with Crippen LogP contribution >= 0.6 is 0 Å². The van der Waals surface area contributed by atoms with Crippen molar-refractivity contribution in [2.75, 3.05) is 0 Å². The quantitative estimate of drug-likeness (QED) is 0.538. The van der Waals surface area contributed by atoms with Crippen molar-refractivity contribution in [1.29, 1.82) is 0 Å². The van der Waals surface area contributed by atoms with E-state index in [1.165, 1.54) is 0 Å². The van der Waals surface area contributed by atoms with Crippen LogP contribution in [0.3, 0.4) is 0 Å². The average molecular weight is 270 g/mol. The Hall–Kier alpha value is 0.192. The van der Waals surface area contributed by atoms with Crippen molar-refractivity contribution in [2.45, 2.75) is 0 Å². The molecule has 3 nitrogen and oxygen atoms in total. The minimum atomic E-state index is -1.33. The second-order valence-corrected chi connectivity index (χ2v) is 0.338. The van der Waals surface area contributed by atoms with E-state index >= 15 is 0 Å². The summed E-state index contributed by atoms with van der Waals surface area (Å²) in [6.45, 7) is 0. The Morgan fingerprint density at radius 2 is 1.80 bits per heavy atom. The molecule has 30 valence electrons. The molecule has 0 spiro atoms. The second kappa shape index (κ2) is 4.19. The number of carbonyl (C=O) groups is 1. The number of hydrogen-bond acceptors (Lipinski definition) is 1. The van der Waals surface area contributed by atoms with Crippen LogP contribution < -0.4 is 5.73 Å². The Labute approximate surface area is 49.3 Å². The summed E-state index contributed by atoms with van der Waals surface area (Å²) in [7, 11) is 0. The number of nitrogens with two attached hydrogens (primary N) is 1. The van der Waals surface area contributed by atoms with Gasteiger partial charge in [-0.2, -0.15) is 0 Å². The van der Waals surface area contributed by atoms with Gasteiger partial charge in [0.25, 0.3) is 0 Å². The molecule has 4 heteroatoms. The van der Waals surface area contributed by atoms with Crippen LogP contribution in [0.2, 0.25) is 0 Å². The van der Waals surface area contributed by atoms with Gasteiger partial charge >= 0.3 is 33.4 Å². The normalized spacial score (nSPS) is 4.80. The first kappa shape index (κ1) is 8.95.